The SMILES string of the molecule is CCCCCc1ccc2c(c1)oc(=O)n2C(C)N1CCOCC1. The van der Waals surface area contributed by atoms with E-state index in [2.05, 4.69) is 24.8 Å². The van der Waals surface area contributed by atoms with E-state index in [1.54, 1.807) is 4.57 Å². The molecule has 1 aromatic heterocycles. The zero-order valence-corrected chi connectivity index (χ0v) is 14.1. The molecule has 1 fully saturated rings. The molecule has 0 aliphatic carbocycles. The molecule has 0 amide bonds. The maximum atomic E-state index is 12.3. The molecule has 1 aliphatic heterocycles. The maximum Gasteiger partial charge on any atom is 0.421 e. The van der Waals surface area contributed by atoms with Crippen LogP contribution in [-0.2, 0) is 11.2 Å². The predicted molar refractivity (Wildman–Crippen MR) is 90.8 cm³/mol. The smallest absolute Gasteiger partial charge is 0.408 e. The molecule has 3 rings (SSSR count). The summed E-state index contributed by atoms with van der Waals surface area (Å²) in [7, 11) is 0. The Morgan fingerprint density at radius 1 is 1.22 bits per heavy atom. The number of morpholine rings is 1. The van der Waals surface area contributed by atoms with Gasteiger partial charge in [-0.1, -0.05) is 25.8 Å². The van der Waals surface area contributed by atoms with Gasteiger partial charge in [-0.25, -0.2) is 4.79 Å². The summed E-state index contributed by atoms with van der Waals surface area (Å²) in [5, 5.41) is 0. The Morgan fingerprint density at radius 3 is 2.74 bits per heavy atom. The van der Waals surface area contributed by atoms with E-state index >= 15 is 0 Å². The first-order valence-electron chi connectivity index (χ1n) is 8.66. The number of nitrogens with zero attached hydrogens (tertiary/aromatic N) is 2. The summed E-state index contributed by atoms with van der Waals surface area (Å²) >= 11 is 0. The molecule has 1 unspecified atom stereocenters. The lowest BCUT2D eigenvalue weighted by Gasteiger charge is -2.32. The minimum absolute atomic E-state index is 0.0152. The third-order valence-corrected chi connectivity index (χ3v) is 4.69. The number of hydrogen-bond acceptors (Lipinski definition) is 4. The van der Waals surface area contributed by atoms with Crippen LogP contribution in [0.3, 0.4) is 0 Å². The molecule has 5 nitrogen and oxygen atoms in total. The van der Waals surface area contributed by atoms with Gasteiger partial charge >= 0.3 is 5.76 Å². The van der Waals surface area contributed by atoms with E-state index in [0.717, 1.165) is 38.2 Å². The third kappa shape index (κ3) is 3.51. The Morgan fingerprint density at radius 2 is 2.00 bits per heavy atom. The number of fused-ring (bicyclic) bond motifs is 1. The Labute approximate surface area is 136 Å². The largest absolute Gasteiger partial charge is 0.421 e. The minimum Gasteiger partial charge on any atom is -0.408 e. The standard InChI is InChI=1S/C18H26N2O3/c1-3-4-5-6-15-7-8-16-17(13-15)23-18(21)20(16)14(2)19-9-11-22-12-10-19/h7-8,13-14H,3-6,9-12H2,1-2H3. The maximum absolute atomic E-state index is 12.3. The summed E-state index contributed by atoms with van der Waals surface area (Å²) < 4.78 is 12.7. The highest BCUT2D eigenvalue weighted by Gasteiger charge is 2.22. The Balaban J connectivity index is 1.85. The minimum atomic E-state index is -0.273. The molecule has 5 heteroatoms. The normalized spacial score (nSPS) is 17.7. The number of ether oxygens (including phenoxy) is 1. The van der Waals surface area contributed by atoms with Gasteiger partial charge in [0.15, 0.2) is 5.58 Å². The fourth-order valence-corrected chi connectivity index (χ4v) is 3.28. The van der Waals surface area contributed by atoms with E-state index in [4.69, 9.17) is 9.15 Å². The van der Waals surface area contributed by atoms with Crippen LogP contribution in [-0.4, -0.2) is 35.8 Å². The highest BCUT2D eigenvalue weighted by molar-refractivity contribution is 5.73. The van der Waals surface area contributed by atoms with Crippen molar-refractivity contribution in [2.75, 3.05) is 26.3 Å². The Kier molecular flexibility index (Phi) is 5.18. The fourth-order valence-electron chi connectivity index (χ4n) is 3.28. The summed E-state index contributed by atoms with van der Waals surface area (Å²) in [6.07, 6.45) is 4.65. The predicted octanol–water partition coefficient (Wildman–Crippen LogP) is 3.18. The molecule has 0 saturated carbocycles. The van der Waals surface area contributed by atoms with Gasteiger partial charge in [0, 0.05) is 13.1 Å². The first kappa shape index (κ1) is 16.3. The molecule has 1 atom stereocenters. The van der Waals surface area contributed by atoms with Crippen molar-refractivity contribution in [3.63, 3.8) is 0 Å². The van der Waals surface area contributed by atoms with Crippen LogP contribution in [0.5, 0.6) is 0 Å². The van der Waals surface area contributed by atoms with Gasteiger partial charge < -0.3 is 9.15 Å². The molecule has 2 aromatic rings. The van der Waals surface area contributed by atoms with Crippen LogP contribution in [0.4, 0.5) is 0 Å². The summed E-state index contributed by atoms with van der Waals surface area (Å²) in [5.41, 5.74) is 2.82. The van der Waals surface area contributed by atoms with Crippen molar-refractivity contribution in [1.82, 2.24) is 9.47 Å². The van der Waals surface area contributed by atoms with Crippen LogP contribution < -0.4 is 5.76 Å². The summed E-state index contributed by atoms with van der Waals surface area (Å²) in [5.74, 6) is -0.273. The van der Waals surface area contributed by atoms with Gasteiger partial charge in [-0.3, -0.25) is 9.47 Å². The van der Waals surface area contributed by atoms with E-state index in [9.17, 15) is 4.79 Å². The molecule has 23 heavy (non-hydrogen) atoms. The average molecular weight is 318 g/mol. The zero-order valence-electron chi connectivity index (χ0n) is 14.1. The molecular formula is C18H26N2O3. The fraction of sp³-hybridized carbons (Fsp3) is 0.611. The molecule has 0 N–H and O–H groups in total. The molecule has 0 radical (unpaired) electrons. The van der Waals surface area contributed by atoms with Crippen LogP contribution in [0.1, 0.15) is 44.8 Å². The van der Waals surface area contributed by atoms with Gasteiger partial charge in [-0.15, -0.1) is 0 Å². The van der Waals surface area contributed by atoms with E-state index < -0.39 is 0 Å². The zero-order chi connectivity index (χ0) is 16.2. The number of rotatable bonds is 6. The number of unbranched alkanes of at least 4 members (excludes halogenated alkanes) is 2. The van der Waals surface area contributed by atoms with Crippen LogP contribution in [0.15, 0.2) is 27.4 Å². The van der Waals surface area contributed by atoms with Crippen LogP contribution >= 0.6 is 0 Å². The van der Waals surface area contributed by atoms with Gasteiger partial charge in [-0.2, -0.15) is 0 Å². The van der Waals surface area contributed by atoms with Crippen molar-refractivity contribution in [3.8, 4) is 0 Å². The highest BCUT2D eigenvalue weighted by atomic mass is 16.5. The van der Waals surface area contributed by atoms with E-state index in [0.29, 0.717) is 5.58 Å². The number of hydrogen-bond donors (Lipinski definition) is 0. The second kappa shape index (κ2) is 7.32. The molecule has 2 heterocycles. The van der Waals surface area contributed by atoms with Gasteiger partial charge in [-0.05, 0) is 37.5 Å². The van der Waals surface area contributed by atoms with Crippen molar-refractivity contribution < 1.29 is 9.15 Å². The van der Waals surface area contributed by atoms with Gasteiger partial charge in [0.1, 0.15) is 0 Å². The van der Waals surface area contributed by atoms with Gasteiger partial charge in [0.25, 0.3) is 0 Å². The third-order valence-electron chi connectivity index (χ3n) is 4.69. The second-order valence-electron chi connectivity index (χ2n) is 6.28. The molecule has 1 aromatic carbocycles. The van der Waals surface area contributed by atoms with Crippen molar-refractivity contribution in [2.45, 2.75) is 45.7 Å². The number of aromatic nitrogens is 1. The van der Waals surface area contributed by atoms with Crippen molar-refractivity contribution in [2.24, 2.45) is 0 Å². The number of benzene rings is 1. The number of aryl methyl sites for hydroxylation is 1. The molecule has 0 bridgehead atoms. The average Bonchev–Trinajstić information content (AvgIpc) is 2.90. The molecule has 126 valence electrons. The lowest BCUT2D eigenvalue weighted by molar-refractivity contribution is 0.00306. The molecule has 1 aliphatic rings. The highest BCUT2D eigenvalue weighted by Crippen LogP contribution is 2.22. The summed E-state index contributed by atoms with van der Waals surface area (Å²) in [6.45, 7) is 7.38. The second-order valence-corrected chi connectivity index (χ2v) is 6.28. The Hall–Kier alpha value is -1.59. The quantitative estimate of drug-likeness (QED) is 0.768. The molecular weight excluding hydrogens is 292 g/mol. The summed E-state index contributed by atoms with van der Waals surface area (Å²) in [4.78, 5) is 14.6. The van der Waals surface area contributed by atoms with Gasteiger partial charge in [0.05, 0.1) is 24.9 Å². The Bertz CT molecular complexity index is 698. The van der Waals surface area contributed by atoms with E-state index in [-0.39, 0.29) is 11.9 Å². The van der Waals surface area contributed by atoms with Crippen molar-refractivity contribution >= 4 is 11.1 Å². The van der Waals surface area contributed by atoms with Crippen LogP contribution in [0.25, 0.3) is 11.1 Å². The lowest BCUT2D eigenvalue weighted by Crippen LogP contribution is -2.42. The molecule has 1 saturated heterocycles. The van der Waals surface area contributed by atoms with Crippen molar-refractivity contribution in [1.29, 1.82) is 0 Å². The monoisotopic (exact) mass is 318 g/mol. The van der Waals surface area contributed by atoms with E-state index in [1.807, 2.05) is 12.1 Å². The van der Waals surface area contributed by atoms with Crippen LogP contribution in [0, 0.1) is 0 Å². The van der Waals surface area contributed by atoms with Crippen LogP contribution in [0.2, 0.25) is 0 Å². The summed E-state index contributed by atoms with van der Waals surface area (Å²) in [6, 6.07) is 6.17. The first-order chi connectivity index (χ1) is 11.2. The molecule has 0 spiro atoms. The lowest BCUT2D eigenvalue weighted by atomic mass is 10.1. The number of oxazole rings is 1. The topological polar surface area (TPSA) is 47.6 Å². The first-order valence-corrected chi connectivity index (χ1v) is 8.66. The van der Waals surface area contributed by atoms with E-state index in [1.165, 1.54) is 24.8 Å². The van der Waals surface area contributed by atoms with Gasteiger partial charge in [0.2, 0.25) is 0 Å². The van der Waals surface area contributed by atoms with Crippen molar-refractivity contribution in [3.05, 3.63) is 34.3 Å².